The van der Waals surface area contributed by atoms with Crippen LogP contribution in [-0.2, 0) is 0 Å². The van der Waals surface area contributed by atoms with Gasteiger partial charge >= 0.3 is 5.69 Å². The lowest BCUT2D eigenvalue weighted by Crippen LogP contribution is -2.07. The molecule has 1 aromatic heterocycles. The predicted octanol–water partition coefficient (Wildman–Crippen LogP) is 5.38. The van der Waals surface area contributed by atoms with Crippen molar-refractivity contribution >= 4 is 22.3 Å². The standard InChI is InChI=1S/C22H14N2O7/c1-13-21(14-5-3-2-4-6-14)22(25)17-9-8-16(12-20(17)30-13)31-19-10-7-15(23(26)27)11-18(19)24(28)29/h2-12H,1H3. The van der Waals surface area contributed by atoms with Gasteiger partial charge in [0.25, 0.3) is 5.69 Å². The number of benzene rings is 3. The van der Waals surface area contributed by atoms with Gasteiger partial charge in [-0.2, -0.15) is 0 Å². The second-order valence-corrected chi connectivity index (χ2v) is 6.65. The summed E-state index contributed by atoms with van der Waals surface area (Å²) >= 11 is 0. The third kappa shape index (κ3) is 3.71. The van der Waals surface area contributed by atoms with Gasteiger partial charge in [-0.15, -0.1) is 0 Å². The van der Waals surface area contributed by atoms with Crippen molar-refractivity contribution in [2.45, 2.75) is 6.92 Å². The maximum Gasteiger partial charge on any atom is 0.318 e. The Balaban J connectivity index is 1.77. The molecule has 3 aromatic carbocycles. The van der Waals surface area contributed by atoms with Crippen LogP contribution in [0.25, 0.3) is 22.1 Å². The third-order valence-electron chi connectivity index (χ3n) is 4.68. The molecule has 0 radical (unpaired) electrons. The minimum absolute atomic E-state index is 0.171. The van der Waals surface area contributed by atoms with Crippen LogP contribution in [0.15, 0.2) is 75.9 Å². The van der Waals surface area contributed by atoms with E-state index in [2.05, 4.69) is 0 Å². The van der Waals surface area contributed by atoms with E-state index in [0.717, 1.165) is 23.8 Å². The van der Waals surface area contributed by atoms with Crippen LogP contribution in [-0.4, -0.2) is 9.85 Å². The highest BCUT2D eigenvalue weighted by Crippen LogP contribution is 2.35. The van der Waals surface area contributed by atoms with Crippen molar-refractivity contribution < 1.29 is 19.0 Å². The van der Waals surface area contributed by atoms with Gasteiger partial charge in [0.05, 0.1) is 26.9 Å². The molecule has 1 heterocycles. The molecule has 0 spiro atoms. The first kappa shape index (κ1) is 19.8. The van der Waals surface area contributed by atoms with E-state index in [9.17, 15) is 25.0 Å². The van der Waals surface area contributed by atoms with E-state index in [4.69, 9.17) is 9.15 Å². The maximum atomic E-state index is 13.0. The molecule has 0 aliphatic heterocycles. The van der Waals surface area contributed by atoms with Gasteiger partial charge in [0.2, 0.25) is 11.2 Å². The van der Waals surface area contributed by atoms with Gasteiger partial charge in [-0.1, -0.05) is 30.3 Å². The van der Waals surface area contributed by atoms with Crippen molar-refractivity contribution in [3.8, 4) is 22.6 Å². The molecule has 0 saturated carbocycles. The molecule has 0 unspecified atom stereocenters. The van der Waals surface area contributed by atoms with E-state index in [0.29, 0.717) is 16.7 Å². The Morgan fingerprint density at radius 2 is 1.65 bits per heavy atom. The van der Waals surface area contributed by atoms with Crippen LogP contribution in [0.4, 0.5) is 11.4 Å². The highest BCUT2D eigenvalue weighted by atomic mass is 16.6. The number of rotatable bonds is 5. The van der Waals surface area contributed by atoms with Crippen molar-refractivity contribution in [2.24, 2.45) is 0 Å². The van der Waals surface area contributed by atoms with Gasteiger partial charge in [0.15, 0.2) is 0 Å². The molecular formula is C22H14N2O7. The van der Waals surface area contributed by atoms with Crippen molar-refractivity contribution in [3.05, 3.63) is 103 Å². The molecule has 0 bridgehead atoms. The number of non-ortho nitro benzene ring substituents is 1. The van der Waals surface area contributed by atoms with E-state index in [-0.39, 0.29) is 22.5 Å². The Morgan fingerprint density at radius 1 is 0.903 bits per heavy atom. The molecule has 0 aliphatic rings. The highest BCUT2D eigenvalue weighted by Gasteiger charge is 2.22. The smallest absolute Gasteiger partial charge is 0.318 e. The summed E-state index contributed by atoms with van der Waals surface area (Å²) in [5.74, 6) is 0.427. The Morgan fingerprint density at radius 3 is 2.32 bits per heavy atom. The maximum absolute atomic E-state index is 13.0. The third-order valence-corrected chi connectivity index (χ3v) is 4.68. The van der Waals surface area contributed by atoms with E-state index in [1.165, 1.54) is 18.2 Å². The number of nitrogens with zero attached hydrogens (tertiary/aromatic N) is 2. The SMILES string of the molecule is Cc1oc2cc(Oc3ccc([N+](=O)[O-])cc3[N+](=O)[O-])ccc2c(=O)c1-c1ccccc1. The summed E-state index contributed by atoms with van der Waals surface area (Å²) in [4.78, 5) is 33.7. The fourth-order valence-corrected chi connectivity index (χ4v) is 3.26. The van der Waals surface area contributed by atoms with Crippen molar-refractivity contribution in [1.82, 2.24) is 0 Å². The summed E-state index contributed by atoms with van der Waals surface area (Å²) in [5.41, 5.74) is 0.256. The Labute approximate surface area is 174 Å². The second-order valence-electron chi connectivity index (χ2n) is 6.65. The minimum Gasteiger partial charge on any atom is -0.460 e. The van der Waals surface area contributed by atoms with Gasteiger partial charge in [0.1, 0.15) is 17.1 Å². The van der Waals surface area contributed by atoms with Gasteiger partial charge in [-0.05, 0) is 30.7 Å². The molecule has 9 heteroatoms. The van der Waals surface area contributed by atoms with Crippen LogP contribution in [0.5, 0.6) is 11.5 Å². The van der Waals surface area contributed by atoms with Crippen LogP contribution in [0.3, 0.4) is 0 Å². The molecule has 0 aliphatic carbocycles. The fourth-order valence-electron chi connectivity index (χ4n) is 3.26. The predicted molar refractivity (Wildman–Crippen MR) is 112 cm³/mol. The number of ether oxygens (including phenoxy) is 1. The summed E-state index contributed by atoms with van der Waals surface area (Å²) in [7, 11) is 0. The Bertz CT molecular complexity index is 1390. The van der Waals surface area contributed by atoms with Crippen molar-refractivity contribution in [3.63, 3.8) is 0 Å². The summed E-state index contributed by atoms with van der Waals surface area (Å²) in [6.07, 6.45) is 0. The van der Waals surface area contributed by atoms with Gasteiger partial charge in [0, 0.05) is 12.1 Å². The summed E-state index contributed by atoms with van der Waals surface area (Å²) in [6.45, 7) is 1.68. The van der Waals surface area contributed by atoms with E-state index < -0.39 is 21.2 Å². The summed E-state index contributed by atoms with van der Waals surface area (Å²) in [5, 5.41) is 22.5. The van der Waals surface area contributed by atoms with Crippen LogP contribution in [0.1, 0.15) is 5.76 Å². The zero-order chi connectivity index (χ0) is 22.1. The average Bonchev–Trinajstić information content (AvgIpc) is 2.74. The largest absolute Gasteiger partial charge is 0.460 e. The topological polar surface area (TPSA) is 126 Å². The quantitative estimate of drug-likeness (QED) is 0.315. The Kier molecular flexibility index (Phi) is 4.92. The average molecular weight is 418 g/mol. The minimum atomic E-state index is -0.764. The van der Waals surface area contributed by atoms with Gasteiger partial charge in [-0.25, -0.2) is 0 Å². The van der Waals surface area contributed by atoms with E-state index >= 15 is 0 Å². The number of hydrogen-bond acceptors (Lipinski definition) is 7. The molecule has 154 valence electrons. The van der Waals surface area contributed by atoms with Gasteiger partial charge in [-0.3, -0.25) is 25.0 Å². The molecule has 4 aromatic rings. The number of nitro groups is 2. The monoisotopic (exact) mass is 418 g/mol. The lowest BCUT2D eigenvalue weighted by atomic mass is 10.0. The number of hydrogen-bond donors (Lipinski definition) is 0. The van der Waals surface area contributed by atoms with Crippen molar-refractivity contribution in [2.75, 3.05) is 0 Å². The highest BCUT2D eigenvalue weighted by molar-refractivity contribution is 5.83. The molecule has 0 fully saturated rings. The summed E-state index contributed by atoms with van der Waals surface area (Å²) in [6, 6.07) is 16.7. The molecule has 0 N–H and O–H groups in total. The molecule has 4 rings (SSSR count). The zero-order valence-electron chi connectivity index (χ0n) is 16.1. The van der Waals surface area contributed by atoms with Crippen LogP contribution < -0.4 is 10.2 Å². The first-order valence-corrected chi connectivity index (χ1v) is 9.08. The molecule has 9 nitrogen and oxygen atoms in total. The zero-order valence-corrected chi connectivity index (χ0v) is 16.1. The molecule has 0 amide bonds. The normalized spacial score (nSPS) is 10.7. The molecule has 31 heavy (non-hydrogen) atoms. The van der Waals surface area contributed by atoms with Gasteiger partial charge < -0.3 is 9.15 Å². The fraction of sp³-hybridized carbons (Fsp3) is 0.0455. The van der Waals surface area contributed by atoms with Crippen LogP contribution in [0, 0.1) is 27.2 Å². The molecule has 0 atom stereocenters. The molecule has 0 saturated heterocycles. The van der Waals surface area contributed by atoms with E-state index in [1.54, 1.807) is 6.92 Å². The summed E-state index contributed by atoms with van der Waals surface area (Å²) < 4.78 is 11.4. The Hall–Kier alpha value is -4.53. The number of aryl methyl sites for hydroxylation is 1. The number of fused-ring (bicyclic) bond motifs is 1. The first-order chi connectivity index (χ1) is 14.8. The lowest BCUT2D eigenvalue weighted by molar-refractivity contribution is -0.394. The first-order valence-electron chi connectivity index (χ1n) is 9.08. The van der Waals surface area contributed by atoms with Crippen molar-refractivity contribution in [1.29, 1.82) is 0 Å². The van der Waals surface area contributed by atoms with Crippen LogP contribution >= 0.6 is 0 Å². The second kappa shape index (κ2) is 7.71. The van der Waals surface area contributed by atoms with E-state index in [1.807, 2.05) is 30.3 Å². The lowest BCUT2D eigenvalue weighted by Gasteiger charge is -2.09. The number of nitro benzene ring substituents is 2. The molecular weight excluding hydrogens is 404 g/mol. The van der Waals surface area contributed by atoms with Crippen LogP contribution in [0.2, 0.25) is 0 Å².